The number of H-pyrrole nitrogens is 1. The normalized spacial score (nSPS) is 23.6. The van der Waals surface area contributed by atoms with Gasteiger partial charge in [0.2, 0.25) is 0 Å². The first kappa shape index (κ1) is 10.2. The van der Waals surface area contributed by atoms with Gasteiger partial charge in [0.05, 0.1) is 30.4 Å². The van der Waals surface area contributed by atoms with Gasteiger partial charge in [0.15, 0.2) is 0 Å². The zero-order valence-electron chi connectivity index (χ0n) is 16.4. The van der Waals surface area contributed by atoms with Gasteiger partial charge in [0.25, 0.3) is 0 Å². The second kappa shape index (κ2) is 5.84. The summed E-state index contributed by atoms with van der Waals surface area (Å²) in [5.41, 5.74) is 2.09. The minimum atomic E-state index is -1.69. The molecule has 0 spiro atoms. The summed E-state index contributed by atoms with van der Waals surface area (Å²) in [5, 5.41) is 14.4. The maximum absolute atomic E-state index is 9.28. The van der Waals surface area contributed by atoms with Gasteiger partial charge in [0.1, 0.15) is 12.0 Å². The van der Waals surface area contributed by atoms with Crippen molar-refractivity contribution in [3.8, 4) is 17.3 Å². The Hall–Kier alpha value is -2.68. The lowest BCUT2D eigenvalue weighted by Crippen LogP contribution is -2.17. The van der Waals surface area contributed by atoms with Crippen LogP contribution < -0.4 is 0 Å². The molecule has 0 radical (unpaired) electrons. The van der Waals surface area contributed by atoms with E-state index in [2.05, 4.69) is 26.1 Å². The minimum absolute atomic E-state index is 0.0197. The van der Waals surface area contributed by atoms with Gasteiger partial charge in [-0.3, -0.25) is 4.68 Å². The van der Waals surface area contributed by atoms with Gasteiger partial charge in [-0.25, -0.2) is 9.97 Å². The van der Waals surface area contributed by atoms with Gasteiger partial charge in [-0.1, -0.05) is 12.8 Å². The fourth-order valence-electron chi connectivity index (χ4n) is 3.00. The molecule has 3 aromatic rings. The predicted octanol–water partition coefficient (Wildman–Crippen LogP) is 3.47. The third-order valence-electron chi connectivity index (χ3n) is 4.11. The Morgan fingerprint density at radius 3 is 3.13 bits per heavy atom. The average Bonchev–Trinajstić information content (AvgIpc) is 3.32. The fraction of sp³-hybridized carbons (Fsp3) is 0.412. The molecule has 0 aliphatic heterocycles. The molecule has 1 aliphatic carbocycles. The zero-order valence-corrected chi connectivity index (χ0v) is 12.4. The van der Waals surface area contributed by atoms with Gasteiger partial charge in [-0.2, -0.15) is 10.4 Å². The van der Waals surface area contributed by atoms with E-state index in [9.17, 15) is 5.26 Å². The van der Waals surface area contributed by atoms with E-state index >= 15 is 0 Å². The van der Waals surface area contributed by atoms with E-state index in [1.165, 1.54) is 11.0 Å². The SMILES string of the molecule is [2H]C1([2H])CCC([2H])([2H])C1C(CC#N)n1cc(-c2ncnc3[nH]ccc23)cn1. The number of rotatable bonds is 4. The van der Waals surface area contributed by atoms with Crippen molar-refractivity contribution in [2.24, 2.45) is 5.92 Å². The number of fused-ring (bicyclic) bond motifs is 1. The van der Waals surface area contributed by atoms with Crippen LogP contribution in [0.25, 0.3) is 22.3 Å². The van der Waals surface area contributed by atoms with Crippen molar-refractivity contribution in [1.29, 1.82) is 5.26 Å². The van der Waals surface area contributed by atoms with Crippen molar-refractivity contribution in [2.75, 3.05) is 0 Å². The summed E-state index contributed by atoms with van der Waals surface area (Å²) >= 11 is 0. The van der Waals surface area contributed by atoms with Crippen LogP contribution in [0.4, 0.5) is 0 Å². The molecule has 1 aliphatic rings. The van der Waals surface area contributed by atoms with Crippen LogP contribution in [0, 0.1) is 17.2 Å². The van der Waals surface area contributed by atoms with Crippen LogP contribution in [-0.2, 0) is 0 Å². The third-order valence-corrected chi connectivity index (χ3v) is 4.11. The monoisotopic (exact) mass is 310 g/mol. The fourth-order valence-corrected chi connectivity index (χ4v) is 3.00. The van der Waals surface area contributed by atoms with E-state index in [-0.39, 0.29) is 19.3 Å². The molecule has 116 valence electrons. The molecule has 4 rings (SSSR count). The van der Waals surface area contributed by atoms with E-state index in [1.807, 2.05) is 6.07 Å². The summed E-state index contributed by atoms with van der Waals surface area (Å²) in [6.07, 6.45) is 3.40. The Bertz CT molecular complexity index is 1000. The van der Waals surface area contributed by atoms with Crippen LogP contribution in [0.5, 0.6) is 0 Å². The quantitative estimate of drug-likeness (QED) is 0.799. The summed E-state index contributed by atoms with van der Waals surface area (Å²) in [6, 6.07) is 3.24. The predicted molar refractivity (Wildman–Crippen MR) is 86.3 cm³/mol. The molecular formula is C17H18N6. The Balaban J connectivity index is 1.76. The number of hydrogen-bond donors (Lipinski definition) is 1. The first-order valence-corrected chi connectivity index (χ1v) is 7.53. The second-order valence-corrected chi connectivity index (χ2v) is 5.49. The summed E-state index contributed by atoms with van der Waals surface area (Å²) in [4.78, 5) is 11.5. The van der Waals surface area contributed by atoms with Crippen LogP contribution in [0.2, 0.25) is 0 Å². The molecule has 0 aromatic carbocycles. The zero-order chi connectivity index (χ0) is 19.2. The summed E-state index contributed by atoms with van der Waals surface area (Å²) in [5.74, 6) is -0.949. The molecular weight excluding hydrogens is 288 g/mol. The summed E-state index contributed by atoms with van der Waals surface area (Å²) < 4.78 is 34.6. The third kappa shape index (κ3) is 2.48. The lowest BCUT2D eigenvalue weighted by atomic mass is 9.96. The highest BCUT2D eigenvalue weighted by atomic mass is 15.3. The highest BCUT2D eigenvalue weighted by Crippen LogP contribution is 2.36. The standard InChI is InChI=1S/C17H18N6/c18-7-5-15(12-3-1-2-4-12)23-10-13(9-22-23)16-14-6-8-19-17(14)21-11-20-16/h6,8-12,15H,1-5H2,(H,19,20,21)/i3D2,4D2. The molecule has 23 heavy (non-hydrogen) atoms. The van der Waals surface area contributed by atoms with Crippen LogP contribution in [0.3, 0.4) is 0 Å². The van der Waals surface area contributed by atoms with Gasteiger partial charge >= 0.3 is 0 Å². The Labute approximate surface area is 139 Å². The van der Waals surface area contributed by atoms with Crippen LogP contribution in [0.15, 0.2) is 31.0 Å². The number of nitriles is 1. The molecule has 1 unspecified atom stereocenters. The molecule has 0 saturated heterocycles. The van der Waals surface area contributed by atoms with Gasteiger partial charge in [-0.05, 0) is 24.7 Å². The van der Waals surface area contributed by atoms with E-state index < -0.39 is 24.7 Å². The van der Waals surface area contributed by atoms with Crippen molar-refractivity contribution >= 4 is 11.0 Å². The molecule has 3 heterocycles. The molecule has 1 atom stereocenters. The maximum Gasteiger partial charge on any atom is 0.141 e. The van der Waals surface area contributed by atoms with Gasteiger partial charge in [0, 0.05) is 28.8 Å². The summed E-state index contributed by atoms with van der Waals surface area (Å²) in [6.45, 7) is 0. The largest absolute Gasteiger partial charge is 0.346 e. The Morgan fingerprint density at radius 1 is 1.43 bits per heavy atom. The molecule has 3 aromatic heterocycles. The number of aromatic nitrogens is 5. The lowest BCUT2D eigenvalue weighted by Gasteiger charge is -2.21. The number of nitrogens with one attached hydrogen (secondary N) is 1. The van der Waals surface area contributed by atoms with Crippen LogP contribution in [-0.4, -0.2) is 24.7 Å². The van der Waals surface area contributed by atoms with Crippen LogP contribution in [0.1, 0.15) is 43.5 Å². The van der Waals surface area contributed by atoms with E-state index in [1.54, 1.807) is 18.6 Å². The highest BCUT2D eigenvalue weighted by Gasteiger charge is 2.27. The lowest BCUT2D eigenvalue weighted by molar-refractivity contribution is 0.315. The molecule has 1 fully saturated rings. The summed E-state index contributed by atoms with van der Waals surface area (Å²) in [7, 11) is 0. The molecule has 1 N–H and O–H groups in total. The average molecular weight is 310 g/mol. The molecule has 0 bridgehead atoms. The van der Waals surface area contributed by atoms with Crippen molar-refractivity contribution in [3.63, 3.8) is 0 Å². The first-order chi connectivity index (χ1) is 12.8. The van der Waals surface area contributed by atoms with Gasteiger partial charge < -0.3 is 4.98 Å². The van der Waals surface area contributed by atoms with Gasteiger partial charge in [-0.15, -0.1) is 0 Å². The van der Waals surface area contributed by atoms with Crippen molar-refractivity contribution in [3.05, 3.63) is 31.0 Å². The number of aromatic amines is 1. The molecule has 1 saturated carbocycles. The molecule has 6 heteroatoms. The highest BCUT2D eigenvalue weighted by molar-refractivity contribution is 5.89. The first-order valence-electron chi connectivity index (χ1n) is 9.53. The smallest absolute Gasteiger partial charge is 0.141 e. The topological polar surface area (TPSA) is 83.2 Å². The number of hydrogen-bond acceptors (Lipinski definition) is 4. The van der Waals surface area contributed by atoms with Crippen molar-refractivity contribution < 1.29 is 5.48 Å². The van der Waals surface area contributed by atoms with E-state index in [0.717, 1.165) is 5.39 Å². The van der Waals surface area contributed by atoms with E-state index in [4.69, 9.17) is 5.48 Å². The Kier molecular flexibility index (Phi) is 2.58. The van der Waals surface area contributed by atoms with Crippen LogP contribution >= 0.6 is 0 Å². The molecule has 0 amide bonds. The van der Waals surface area contributed by atoms with Crippen molar-refractivity contribution in [1.82, 2.24) is 24.7 Å². The minimum Gasteiger partial charge on any atom is -0.346 e. The maximum atomic E-state index is 9.28. The number of nitrogens with zero attached hydrogens (tertiary/aromatic N) is 5. The second-order valence-electron chi connectivity index (χ2n) is 5.49. The Morgan fingerprint density at radius 2 is 2.30 bits per heavy atom. The molecule has 6 nitrogen and oxygen atoms in total. The van der Waals surface area contributed by atoms with Crippen molar-refractivity contribution in [2.45, 2.75) is 38.1 Å². The van der Waals surface area contributed by atoms with E-state index in [0.29, 0.717) is 16.9 Å².